The summed E-state index contributed by atoms with van der Waals surface area (Å²) in [6, 6.07) is 5.78. The molecule has 1 amide bonds. The van der Waals surface area contributed by atoms with Gasteiger partial charge in [0, 0.05) is 32.7 Å². The zero-order valence-electron chi connectivity index (χ0n) is 15.1. The molecule has 1 saturated heterocycles. The van der Waals surface area contributed by atoms with E-state index in [-0.39, 0.29) is 18.5 Å². The Morgan fingerprint density at radius 1 is 1.19 bits per heavy atom. The van der Waals surface area contributed by atoms with Crippen molar-refractivity contribution in [2.75, 3.05) is 59.2 Å². The Kier molecular flexibility index (Phi) is 8.60. The van der Waals surface area contributed by atoms with E-state index in [1.54, 1.807) is 24.0 Å². The quantitative estimate of drug-likeness (QED) is 0.662. The van der Waals surface area contributed by atoms with E-state index in [0.29, 0.717) is 58.3 Å². The Hall–Kier alpha value is -1.90. The van der Waals surface area contributed by atoms with E-state index < -0.39 is 6.10 Å². The van der Waals surface area contributed by atoms with Crippen LogP contribution in [0.3, 0.4) is 0 Å². The van der Waals surface area contributed by atoms with Crippen molar-refractivity contribution >= 4 is 6.09 Å². The van der Waals surface area contributed by atoms with Crippen LogP contribution >= 0.6 is 0 Å². The van der Waals surface area contributed by atoms with Crippen molar-refractivity contribution in [2.45, 2.75) is 13.0 Å². The predicted molar refractivity (Wildman–Crippen MR) is 93.8 cm³/mol. The summed E-state index contributed by atoms with van der Waals surface area (Å²) in [5.74, 6) is 0.273. The number of β-amino-alcohol motifs (C(OH)–C–C–N with tert-alkyl or cyclic N) is 1. The highest BCUT2D eigenvalue weighted by atomic mass is 19.1. The first-order valence-electron chi connectivity index (χ1n) is 8.86. The number of benzene rings is 1. The average molecular weight is 370 g/mol. The maximum Gasteiger partial charge on any atom is 0.409 e. The van der Waals surface area contributed by atoms with Crippen LogP contribution in [-0.2, 0) is 9.47 Å². The highest BCUT2D eigenvalue weighted by Gasteiger charge is 2.23. The molecule has 26 heavy (non-hydrogen) atoms. The molecular formula is C18H27FN2O5. The number of carbonyl (C=O) groups is 1. The van der Waals surface area contributed by atoms with Crippen molar-refractivity contribution in [1.82, 2.24) is 9.80 Å². The van der Waals surface area contributed by atoms with E-state index in [9.17, 15) is 14.3 Å². The Morgan fingerprint density at radius 3 is 2.54 bits per heavy atom. The Labute approximate surface area is 153 Å². The van der Waals surface area contributed by atoms with Gasteiger partial charge < -0.3 is 24.2 Å². The van der Waals surface area contributed by atoms with Crippen LogP contribution in [0.4, 0.5) is 9.18 Å². The predicted octanol–water partition coefficient (Wildman–Crippen LogP) is 1.36. The number of aliphatic hydroxyl groups is 1. The van der Waals surface area contributed by atoms with E-state index in [1.807, 2.05) is 0 Å². The molecule has 0 aromatic heterocycles. The van der Waals surface area contributed by atoms with Gasteiger partial charge in [0.2, 0.25) is 0 Å². The lowest BCUT2D eigenvalue weighted by atomic mass is 10.3. The van der Waals surface area contributed by atoms with E-state index in [1.165, 1.54) is 12.1 Å². The first-order chi connectivity index (χ1) is 12.6. The molecule has 0 bridgehead atoms. The van der Waals surface area contributed by atoms with Crippen LogP contribution in [0, 0.1) is 5.82 Å². The summed E-state index contributed by atoms with van der Waals surface area (Å²) in [6.45, 7) is 6.13. The van der Waals surface area contributed by atoms with Crippen LogP contribution in [0.2, 0.25) is 0 Å². The van der Waals surface area contributed by atoms with Gasteiger partial charge in [-0.25, -0.2) is 9.18 Å². The summed E-state index contributed by atoms with van der Waals surface area (Å²) < 4.78 is 28.6. The molecule has 0 aliphatic carbocycles. The second-order valence-electron chi connectivity index (χ2n) is 6.02. The van der Waals surface area contributed by atoms with E-state index in [0.717, 1.165) is 0 Å². The third kappa shape index (κ3) is 7.15. The highest BCUT2D eigenvalue weighted by Crippen LogP contribution is 2.10. The largest absolute Gasteiger partial charge is 0.491 e. The lowest BCUT2D eigenvalue weighted by molar-refractivity contribution is -0.0000982. The number of piperazine rings is 1. The van der Waals surface area contributed by atoms with Gasteiger partial charge >= 0.3 is 6.09 Å². The number of ether oxygens (including phenoxy) is 3. The Bertz CT molecular complexity index is 535. The van der Waals surface area contributed by atoms with Crippen molar-refractivity contribution in [3.05, 3.63) is 30.1 Å². The van der Waals surface area contributed by atoms with Gasteiger partial charge in [-0.05, 0) is 31.2 Å². The van der Waals surface area contributed by atoms with Crippen molar-refractivity contribution in [1.29, 1.82) is 0 Å². The summed E-state index contributed by atoms with van der Waals surface area (Å²) in [6.07, 6.45) is -0.882. The first kappa shape index (κ1) is 20.4. The van der Waals surface area contributed by atoms with Crippen molar-refractivity contribution in [2.24, 2.45) is 0 Å². The molecule has 1 aliphatic heterocycles. The molecule has 146 valence electrons. The number of hydrogen-bond acceptors (Lipinski definition) is 6. The minimum Gasteiger partial charge on any atom is -0.491 e. The number of nitrogens with zero attached hydrogens (tertiary/aromatic N) is 2. The normalized spacial score (nSPS) is 16.3. The molecule has 0 saturated carbocycles. The van der Waals surface area contributed by atoms with Gasteiger partial charge in [0.25, 0.3) is 0 Å². The smallest absolute Gasteiger partial charge is 0.409 e. The van der Waals surface area contributed by atoms with Crippen molar-refractivity contribution < 1.29 is 28.5 Å². The fraction of sp³-hybridized carbons (Fsp3) is 0.611. The molecule has 1 aromatic rings. The van der Waals surface area contributed by atoms with Crippen molar-refractivity contribution in [3.63, 3.8) is 0 Å². The molecule has 7 nitrogen and oxygen atoms in total. The molecule has 1 atom stereocenters. The molecule has 1 N–H and O–H groups in total. The fourth-order valence-corrected chi connectivity index (χ4v) is 2.65. The van der Waals surface area contributed by atoms with Gasteiger partial charge in [-0.2, -0.15) is 0 Å². The number of aliphatic hydroxyl groups excluding tert-OH is 1. The summed E-state index contributed by atoms with van der Waals surface area (Å²) in [4.78, 5) is 15.4. The van der Waals surface area contributed by atoms with Crippen LogP contribution in [-0.4, -0.2) is 86.3 Å². The second-order valence-corrected chi connectivity index (χ2v) is 6.02. The zero-order valence-corrected chi connectivity index (χ0v) is 15.1. The van der Waals surface area contributed by atoms with Gasteiger partial charge in [-0.1, -0.05) is 0 Å². The lowest BCUT2D eigenvalue weighted by Crippen LogP contribution is -2.51. The van der Waals surface area contributed by atoms with Crippen LogP contribution in [0.15, 0.2) is 24.3 Å². The average Bonchev–Trinajstić information content (AvgIpc) is 2.64. The number of amides is 1. The molecule has 0 unspecified atom stereocenters. The summed E-state index contributed by atoms with van der Waals surface area (Å²) in [5.41, 5.74) is 0. The minimum atomic E-state index is -0.602. The molecular weight excluding hydrogens is 343 g/mol. The first-order valence-corrected chi connectivity index (χ1v) is 8.86. The number of halogens is 1. The van der Waals surface area contributed by atoms with Gasteiger partial charge in [0.05, 0.1) is 25.9 Å². The van der Waals surface area contributed by atoms with E-state index >= 15 is 0 Å². The summed E-state index contributed by atoms with van der Waals surface area (Å²) in [5, 5.41) is 10.1. The topological polar surface area (TPSA) is 71.5 Å². The maximum absolute atomic E-state index is 12.8. The zero-order chi connectivity index (χ0) is 18.8. The molecule has 1 heterocycles. The molecule has 1 aromatic carbocycles. The van der Waals surface area contributed by atoms with Gasteiger partial charge in [0.15, 0.2) is 0 Å². The summed E-state index contributed by atoms with van der Waals surface area (Å²) >= 11 is 0. The van der Waals surface area contributed by atoms with E-state index in [2.05, 4.69) is 4.90 Å². The van der Waals surface area contributed by atoms with Gasteiger partial charge in [-0.15, -0.1) is 0 Å². The van der Waals surface area contributed by atoms with Gasteiger partial charge in [-0.3, -0.25) is 4.90 Å². The minimum absolute atomic E-state index is 0.213. The Morgan fingerprint density at radius 2 is 1.88 bits per heavy atom. The monoisotopic (exact) mass is 370 g/mol. The third-order valence-electron chi connectivity index (χ3n) is 3.99. The lowest BCUT2D eigenvalue weighted by Gasteiger charge is -2.34. The Balaban J connectivity index is 1.53. The number of hydrogen-bond donors (Lipinski definition) is 1. The van der Waals surface area contributed by atoms with E-state index in [4.69, 9.17) is 14.2 Å². The molecule has 0 radical (unpaired) electrons. The second kappa shape index (κ2) is 10.9. The molecule has 1 aliphatic rings. The highest BCUT2D eigenvalue weighted by molar-refractivity contribution is 5.67. The SMILES string of the molecule is CCOC(=O)N1CCN(C[C@H](O)COCCOc2ccc(F)cc2)CC1. The van der Waals surface area contributed by atoms with Crippen LogP contribution in [0.25, 0.3) is 0 Å². The standard InChI is InChI=1S/C18H27FN2O5/c1-2-25-18(23)21-9-7-20(8-10-21)13-16(22)14-24-11-12-26-17-5-3-15(19)4-6-17/h3-6,16,22H,2,7-14H2,1H3/t16-/m0/s1. The van der Waals surface area contributed by atoms with Crippen LogP contribution in [0.5, 0.6) is 5.75 Å². The molecule has 8 heteroatoms. The maximum atomic E-state index is 12.8. The molecule has 2 rings (SSSR count). The van der Waals surface area contributed by atoms with Gasteiger partial charge in [0.1, 0.15) is 18.2 Å². The van der Waals surface area contributed by atoms with Crippen LogP contribution < -0.4 is 4.74 Å². The van der Waals surface area contributed by atoms with Crippen LogP contribution in [0.1, 0.15) is 6.92 Å². The molecule has 0 spiro atoms. The summed E-state index contributed by atoms with van der Waals surface area (Å²) in [7, 11) is 0. The molecule has 1 fully saturated rings. The fourth-order valence-electron chi connectivity index (χ4n) is 2.65. The number of carbonyl (C=O) groups excluding carboxylic acids is 1. The van der Waals surface area contributed by atoms with Crippen molar-refractivity contribution in [3.8, 4) is 5.75 Å². The number of rotatable bonds is 9. The third-order valence-corrected chi connectivity index (χ3v) is 3.99.